The summed E-state index contributed by atoms with van der Waals surface area (Å²) in [5.74, 6) is -0.356. The maximum atomic E-state index is 11.4. The van der Waals surface area contributed by atoms with E-state index in [-0.39, 0.29) is 11.8 Å². The van der Waals surface area contributed by atoms with Crippen LogP contribution < -0.4 is 5.32 Å². The fraction of sp³-hybridized carbons (Fsp3) is 0.917. The van der Waals surface area contributed by atoms with E-state index >= 15 is 0 Å². The summed E-state index contributed by atoms with van der Waals surface area (Å²) in [7, 11) is 0. The van der Waals surface area contributed by atoms with Crippen molar-refractivity contribution in [3.8, 4) is 0 Å². The van der Waals surface area contributed by atoms with Gasteiger partial charge in [-0.05, 0) is 13.0 Å². The Morgan fingerprint density at radius 1 is 1.22 bits per heavy atom. The number of urea groups is 1. The van der Waals surface area contributed by atoms with E-state index in [1.165, 1.54) is 0 Å². The number of hydrogen-bond acceptors (Lipinski definition) is 4. The minimum Gasteiger partial charge on any atom is -0.346 e. The number of carbonyl (C=O) groups excluding carboxylic acids is 1. The monoisotopic (exact) mass is 255 g/mol. The van der Waals surface area contributed by atoms with Crippen molar-refractivity contribution in [2.75, 3.05) is 52.5 Å². The van der Waals surface area contributed by atoms with Crippen LogP contribution in [-0.2, 0) is 9.47 Å². The molecule has 3 heterocycles. The molecule has 3 saturated heterocycles. The molecule has 0 aliphatic carbocycles. The number of likely N-dealkylation sites (tertiary alicyclic amines) is 1. The Kier molecular flexibility index (Phi) is 3.41. The van der Waals surface area contributed by atoms with Gasteiger partial charge >= 0.3 is 6.03 Å². The lowest BCUT2D eigenvalue weighted by Crippen LogP contribution is -2.50. The highest BCUT2D eigenvalue weighted by atomic mass is 16.7. The predicted octanol–water partition coefficient (Wildman–Crippen LogP) is -0.149. The van der Waals surface area contributed by atoms with Crippen LogP contribution in [0.25, 0.3) is 0 Å². The average molecular weight is 255 g/mol. The minimum absolute atomic E-state index is 0.0649. The van der Waals surface area contributed by atoms with E-state index in [1.54, 1.807) is 0 Å². The SMILES string of the molecule is O=C1NCCN1CCN1CCCC2(C1)OCCO2. The highest BCUT2D eigenvalue weighted by molar-refractivity contribution is 5.76. The third-order valence-electron chi connectivity index (χ3n) is 3.94. The molecule has 3 aliphatic rings. The van der Waals surface area contributed by atoms with Gasteiger partial charge in [-0.2, -0.15) is 0 Å². The van der Waals surface area contributed by atoms with Crippen LogP contribution in [0.2, 0.25) is 0 Å². The van der Waals surface area contributed by atoms with Gasteiger partial charge in [-0.3, -0.25) is 4.90 Å². The molecule has 18 heavy (non-hydrogen) atoms. The van der Waals surface area contributed by atoms with Crippen LogP contribution in [0.1, 0.15) is 12.8 Å². The highest BCUT2D eigenvalue weighted by Crippen LogP contribution is 2.29. The number of amides is 2. The summed E-state index contributed by atoms with van der Waals surface area (Å²) in [5.41, 5.74) is 0. The van der Waals surface area contributed by atoms with Gasteiger partial charge in [0.2, 0.25) is 0 Å². The smallest absolute Gasteiger partial charge is 0.317 e. The van der Waals surface area contributed by atoms with Crippen LogP contribution in [0, 0.1) is 0 Å². The molecule has 2 amide bonds. The number of piperidine rings is 1. The molecule has 0 saturated carbocycles. The topological polar surface area (TPSA) is 54.0 Å². The van der Waals surface area contributed by atoms with Crippen molar-refractivity contribution in [3.05, 3.63) is 0 Å². The Labute approximate surface area is 107 Å². The lowest BCUT2D eigenvalue weighted by atomic mass is 10.0. The summed E-state index contributed by atoms with van der Waals surface area (Å²) < 4.78 is 11.5. The third-order valence-corrected chi connectivity index (χ3v) is 3.94. The molecule has 0 aromatic heterocycles. The molecule has 1 spiro atoms. The van der Waals surface area contributed by atoms with E-state index in [4.69, 9.17) is 9.47 Å². The quantitative estimate of drug-likeness (QED) is 0.762. The van der Waals surface area contributed by atoms with E-state index in [9.17, 15) is 4.79 Å². The maximum Gasteiger partial charge on any atom is 0.317 e. The largest absolute Gasteiger partial charge is 0.346 e. The van der Waals surface area contributed by atoms with Gasteiger partial charge in [-0.1, -0.05) is 0 Å². The molecule has 0 aromatic carbocycles. The summed E-state index contributed by atoms with van der Waals surface area (Å²) >= 11 is 0. The van der Waals surface area contributed by atoms with Crippen molar-refractivity contribution < 1.29 is 14.3 Å². The predicted molar refractivity (Wildman–Crippen MR) is 65.3 cm³/mol. The number of nitrogens with zero attached hydrogens (tertiary/aromatic N) is 2. The summed E-state index contributed by atoms with van der Waals surface area (Å²) in [4.78, 5) is 15.7. The summed E-state index contributed by atoms with van der Waals surface area (Å²) in [5, 5.41) is 2.83. The zero-order valence-electron chi connectivity index (χ0n) is 10.7. The standard InChI is InChI=1S/C12H21N3O3/c16-11-13-3-5-15(11)7-6-14-4-1-2-12(10-14)17-8-9-18-12/h1-10H2,(H,13,16). The van der Waals surface area contributed by atoms with E-state index in [0.29, 0.717) is 13.2 Å². The molecule has 3 rings (SSSR count). The van der Waals surface area contributed by atoms with Crippen LogP contribution in [0.3, 0.4) is 0 Å². The molecule has 6 nitrogen and oxygen atoms in total. The first-order valence-electron chi connectivity index (χ1n) is 6.81. The second-order valence-electron chi connectivity index (χ2n) is 5.21. The Bertz CT molecular complexity index is 318. The Balaban J connectivity index is 1.49. The van der Waals surface area contributed by atoms with Crippen molar-refractivity contribution in [2.45, 2.75) is 18.6 Å². The fourth-order valence-electron chi connectivity index (χ4n) is 2.98. The van der Waals surface area contributed by atoms with Crippen molar-refractivity contribution in [2.24, 2.45) is 0 Å². The number of rotatable bonds is 3. The molecule has 6 heteroatoms. The van der Waals surface area contributed by atoms with Crippen LogP contribution in [0.15, 0.2) is 0 Å². The zero-order valence-corrected chi connectivity index (χ0v) is 10.7. The van der Waals surface area contributed by atoms with Crippen LogP contribution in [-0.4, -0.2) is 74.1 Å². The molecule has 3 aliphatic heterocycles. The molecule has 0 atom stereocenters. The molecule has 1 N–H and O–H groups in total. The summed E-state index contributed by atoms with van der Waals surface area (Å²) in [6.45, 7) is 6.63. The Morgan fingerprint density at radius 2 is 2.06 bits per heavy atom. The molecule has 0 radical (unpaired) electrons. The molecule has 0 bridgehead atoms. The first kappa shape index (κ1) is 12.2. The molecule has 3 fully saturated rings. The van der Waals surface area contributed by atoms with Gasteiger partial charge in [0, 0.05) is 32.6 Å². The van der Waals surface area contributed by atoms with Crippen LogP contribution in [0.5, 0.6) is 0 Å². The molecule has 0 aromatic rings. The van der Waals surface area contributed by atoms with Gasteiger partial charge in [0.15, 0.2) is 5.79 Å². The second kappa shape index (κ2) is 5.03. The summed E-state index contributed by atoms with van der Waals surface area (Å²) in [6, 6.07) is 0.0649. The molecular weight excluding hydrogens is 234 g/mol. The van der Waals surface area contributed by atoms with Crippen LogP contribution in [0.4, 0.5) is 4.79 Å². The normalized spacial score (nSPS) is 28.0. The van der Waals surface area contributed by atoms with E-state index in [2.05, 4.69) is 10.2 Å². The molecular formula is C12H21N3O3. The van der Waals surface area contributed by atoms with Crippen molar-refractivity contribution in [1.29, 1.82) is 0 Å². The van der Waals surface area contributed by atoms with E-state index in [0.717, 1.165) is 52.1 Å². The van der Waals surface area contributed by atoms with Gasteiger partial charge in [0.25, 0.3) is 0 Å². The van der Waals surface area contributed by atoms with E-state index in [1.807, 2.05) is 4.90 Å². The number of hydrogen-bond donors (Lipinski definition) is 1. The third kappa shape index (κ3) is 2.46. The average Bonchev–Trinajstić information content (AvgIpc) is 2.97. The fourth-order valence-corrected chi connectivity index (χ4v) is 2.98. The van der Waals surface area contributed by atoms with Gasteiger partial charge < -0.3 is 19.7 Å². The number of ether oxygens (including phenoxy) is 2. The van der Waals surface area contributed by atoms with Crippen LogP contribution >= 0.6 is 0 Å². The van der Waals surface area contributed by atoms with Gasteiger partial charge in [0.1, 0.15) is 0 Å². The second-order valence-corrected chi connectivity index (χ2v) is 5.21. The number of carbonyl (C=O) groups is 1. The highest BCUT2D eigenvalue weighted by Gasteiger charge is 2.40. The Morgan fingerprint density at radius 3 is 2.78 bits per heavy atom. The zero-order chi connectivity index (χ0) is 12.4. The minimum atomic E-state index is -0.356. The van der Waals surface area contributed by atoms with E-state index < -0.39 is 0 Å². The molecule has 0 unspecified atom stereocenters. The number of nitrogens with one attached hydrogen (secondary N) is 1. The van der Waals surface area contributed by atoms with Crippen molar-refractivity contribution in [3.63, 3.8) is 0 Å². The van der Waals surface area contributed by atoms with Crippen molar-refractivity contribution >= 4 is 6.03 Å². The summed E-state index contributed by atoms with van der Waals surface area (Å²) in [6.07, 6.45) is 2.10. The van der Waals surface area contributed by atoms with Gasteiger partial charge in [-0.15, -0.1) is 0 Å². The lowest BCUT2D eigenvalue weighted by molar-refractivity contribution is -0.189. The first-order chi connectivity index (χ1) is 8.77. The maximum absolute atomic E-state index is 11.4. The van der Waals surface area contributed by atoms with Crippen molar-refractivity contribution in [1.82, 2.24) is 15.1 Å². The van der Waals surface area contributed by atoms with Gasteiger partial charge in [-0.25, -0.2) is 4.79 Å². The lowest BCUT2D eigenvalue weighted by Gasteiger charge is -2.39. The molecule has 102 valence electrons. The van der Waals surface area contributed by atoms with Gasteiger partial charge in [0.05, 0.1) is 19.8 Å². The Hall–Kier alpha value is -0.850. The first-order valence-corrected chi connectivity index (χ1v) is 6.81.